The lowest BCUT2D eigenvalue weighted by Gasteiger charge is -2.10. The molecule has 3 rings (SSSR count). The van der Waals surface area contributed by atoms with Crippen molar-refractivity contribution in [2.45, 2.75) is 30.9 Å². The van der Waals surface area contributed by atoms with Crippen molar-refractivity contribution < 1.29 is 4.79 Å². The molecule has 3 nitrogen and oxygen atoms in total. The second-order valence-corrected chi connectivity index (χ2v) is 6.43. The predicted molar refractivity (Wildman–Crippen MR) is 85.1 cm³/mol. The highest BCUT2D eigenvalue weighted by Gasteiger charge is 2.16. The van der Waals surface area contributed by atoms with Crippen LogP contribution in [0.1, 0.15) is 25.7 Å². The van der Waals surface area contributed by atoms with Gasteiger partial charge in [0.25, 0.3) is 0 Å². The molecule has 0 radical (unpaired) electrons. The summed E-state index contributed by atoms with van der Waals surface area (Å²) < 4.78 is 0. The highest BCUT2D eigenvalue weighted by atomic mass is 32.2. The smallest absolute Gasteiger partial charge is 0.234 e. The van der Waals surface area contributed by atoms with Crippen LogP contribution in [0.3, 0.4) is 0 Å². The lowest BCUT2D eigenvalue weighted by Crippen LogP contribution is -2.16. The number of nitrogens with one attached hydrogen (secondary N) is 1. The third-order valence-corrected chi connectivity index (χ3v) is 5.04. The molecule has 20 heavy (non-hydrogen) atoms. The number of carbonyl (C=O) groups excluding carboxylic acids is 1. The minimum Gasteiger partial charge on any atom is -0.325 e. The average molecular weight is 286 g/mol. The molecule has 1 aliphatic rings. The fourth-order valence-electron chi connectivity index (χ4n) is 2.65. The Morgan fingerprint density at radius 3 is 2.95 bits per heavy atom. The van der Waals surface area contributed by atoms with E-state index in [2.05, 4.69) is 10.3 Å². The molecule has 2 aromatic rings. The van der Waals surface area contributed by atoms with Gasteiger partial charge in [0.05, 0.1) is 17.0 Å². The van der Waals surface area contributed by atoms with E-state index in [1.807, 2.05) is 30.3 Å². The molecule has 1 saturated carbocycles. The Morgan fingerprint density at radius 2 is 2.10 bits per heavy atom. The van der Waals surface area contributed by atoms with Crippen molar-refractivity contribution >= 4 is 34.3 Å². The Hall–Kier alpha value is -1.55. The molecule has 1 fully saturated rings. The molecule has 1 heterocycles. The maximum Gasteiger partial charge on any atom is 0.234 e. The summed E-state index contributed by atoms with van der Waals surface area (Å²) in [6.45, 7) is 0. The summed E-state index contributed by atoms with van der Waals surface area (Å²) in [5.41, 5.74) is 1.77. The molecule has 0 atom stereocenters. The summed E-state index contributed by atoms with van der Waals surface area (Å²) >= 11 is 1.79. The van der Waals surface area contributed by atoms with E-state index in [-0.39, 0.29) is 5.91 Å². The number of fused-ring (bicyclic) bond motifs is 1. The largest absolute Gasteiger partial charge is 0.325 e. The molecular weight excluding hydrogens is 268 g/mol. The number of carbonyl (C=O) groups is 1. The molecule has 4 heteroatoms. The molecule has 0 spiro atoms. The zero-order valence-corrected chi connectivity index (χ0v) is 12.2. The van der Waals surface area contributed by atoms with Crippen molar-refractivity contribution in [2.24, 2.45) is 0 Å². The van der Waals surface area contributed by atoms with E-state index < -0.39 is 0 Å². The van der Waals surface area contributed by atoms with Crippen molar-refractivity contribution in [3.05, 3.63) is 36.5 Å². The zero-order chi connectivity index (χ0) is 13.8. The highest BCUT2D eigenvalue weighted by Crippen LogP contribution is 2.29. The number of hydrogen-bond acceptors (Lipinski definition) is 3. The van der Waals surface area contributed by atoms with Crippen molar-refractivity contribution in [1.29, 1.82) is 0 Å². The van der Waals surface area contributed by atoms with Gasteiger partial charge in [-0.3, -0.25) is 9.78 Å². The number of anilines is 1. The summed E-state index contributed by atoms with van der Waals surface area (Å²) in [6.07, 6.45) is 6.92. The molecule has 0 aliphatic heterocycles. The molecule has 1 N–H and O–H groups in total. The van der Waals surface area contributed by atoms with Crippen molar-refractivity contribution in [3.8, 4) is 0 Å². The first-order valence-corrected chi connectivity index (χ1v) is 8.13. The number of aromatic nitrogens is 1. The number of nitrogens with zero attached hydrogens (tertiary/aromatic N) is 1. The standard InChI is InChI=1S/C16H18N2OS/c19-16(11-20-12-5-1-2-6-12)18-15-9-3-8-14-13(15)7-4-10-17-14/h3-4,7-10,12H,1-2,5-6,11H2,(H,18,19). The van der Waals surface area contributed by atoms with Crippen LogP contribution in [-0.2, 0) is 4.79 Å². The number of thioether (sulfide) groups is 1. The van der Waals surface area contributed by atoms with Gasteiger partial charge in [-0.05, 0) is 37.1 Å². The summed E-state index contributed by atoms with van der Waals surface area (Å²) in [7, 11) is 0. The Balaban J connectivity index is 1.65. The first-order valence-electron chi connectivity index (χ1n) is 7.08. The van der Waals surface area contributed by atoms with Crippen molar-refractivity contribution in [2.75, 3.05) is 11.1 Å². The minimum atomic E-state index is 0.0817. The molecule has 104 valence electrons. The normalized spacial score (nSPS) is 15.6. The van der Waals surface area contributed by atoms with Gasteiger partial charge in [-0.1, -0.05) is 18.9 Å². The summed E-state index contributed by atoms with van der Waals surface area (Å²) in [4.78, 5) is 16.4. The van der Waals surface area contributed by atoms with Gasteiger partial charge in [0.1, 0.15) is 0 Å². The summed E-state index contributed by atoms with van der Waals surface area (Å²) in [5, 5.41) is 4.68. The van der Waals surface area contributed by atoms with Crippen LogP contribution in [0.4, 0.5) is 5.69 Å². The Kier molecular flexibility index (Phi) is 4.21. The second kappa shape index (κ2) is 6.27. The van der Waals surface area contributed by atoms with Crippen LogP contribution in [-0.4, -0.2) is 21.9 Å². The molecule has 1 amide bonds. The second-order valence-electron chi connectivity index (χ2n) is 5.14. The minimum absolute atomic E-state index is 0.0817. The monoisotopic (exact) mass is 286 g/mol. The van der Waals surface area contributed by atoms with Crippen LogP contribution in [0, 0.1) is 0 Å². The molecule has 0 bridgehead atoms. The fraction of sp³-hybridized carbons (Fsp3) is 0.375. The third kappa shape index (κ3) is 3.12. The SMILES string of the molecule is O=C(CSC1CCCC1)Nc1cccc2ncccc12. The van der Waals surface area contributed by atoms with Gasteiger partial charge in [0, 0.05) is 16.8 Å². The zero-order valence-electron chi connectivity index (χ0n) is 11.3. The van der Waals surface area contributed by atoms with Crippen LogP contribution >= 0.6 is 11.8 Å². The summed E-state index contributed by atoms with van der Waals surface area (Å²) in [6, 6.07) is 9.70. The van der Waals surface area contributed by atoms with E-state index >= 15 is 0 Å². The number of hydrogen-bond donors (Lipinski definition) is 1. The predicted octanol–water partition coefficient (Wildman–Crippen LogP) is 3.85. The van der Waals surface area contributed by atoms with E-state index in [1.165, 1.54) is 25.7 Å². The van der Waals surface area contributed by atoms with E-state index in [4.69, 9.17) is 0 Å². The summed E-state index contributed by atoms with van der Waals surface area (Å²) in [5.74, 6) is 0.625. The first-order chi connectivity index (χ1) is 9.83. The average Bonchev–Trinajstić information content (AvgIpc) is 2.99. The quantitative estimate of drug-likeness (QED) is 0.928. The molecule has 1 aromatic carbocycles. The maximum atomic E-state index is 12.1. The Labute approximate surface area is 123 Å². The van der Waals surface area contributed by atoms with E-state index in [0.717, 1.165) is 16.6 Å². The Morgan fingerprint density at radius 1 is 1.25 bits per heavy atom. The molecule has 0 unspecified atom stereocenters. The van der Waals surface area contributed by atoms with Gasteiger partial charge in [0.2, 0.25) is 5.91 Å². The molecular formula is C16H18N2OS. The maximum absolute atomic E-state index is 12.1. The van der Waals surface area contributed by atoms with Crippen molar-refractivity contribution in [3.63, 3.8) is 0 Å². The number of pyridine rings is 1. The molecule has 1 aromatic heterocycles. The van der Waals surface area contributed by atoms with E-state index in [0.29, 0.717) is 11.0 Å². The van der Waals surface area contributed by atoms with Crippen LogP contribution < -0.4 is 5.32 Å². The van der Waals surface area contributed by atoms with Crippen LogP contribution in [0.5, 0.6) is 0 Å². The van der Waals surface area contributed by atoms with Crippen molar-refractivity contribution in [1.82, 2.24) is 4.98 Å². The van der Waals surface area contributed by atoms with Gasteiger partial charge in [-0.15, -0.1) is 11.8 Å². The molecule has 0 saturated heterocycles. The number of rotatable bonds is 4. The van der Waals surface area contributed by atoms with Crippen LogP contribution in [0.15, 0.2) is 36.5 Å². The van der Waals surface area contributed by atoms with Gasteiger partial charge in [-0.2, -0.15) is 0 Å². The van der Waals surface area contributed by atoms with Gasteiger partial charge >= 0.3 is 0 Å². The van der Waals surface area contributed by atoms with E-state index in [9.17, 15) is 4.79 Å². The first kappa shape index (κ1) is 13.4. The van der Waals surface area contributed by atoms with Gasteiger partial charge in [-0.25, -0.2) is 0 Å². The lowest BCUT2D eigenvalue weighted by atomic mass is 10.2. The topological polar surface area (TPSA) is 42.0 Å². The van der Waals surface area contributed by atoms with E-state index in [1.54, 1.807) is 18.0 Å². The number of amides is 1. The Bertz CT molecular complexity index is 603. The molecule has 1 aliphatic carbocycles. The van der Waals surface area contributed by atoms with Crippen LogP contribution in [0.25, 0.3) is 10.9 Å². The fourth-order valence-corrected chi connectivity index (χ4v) is 3.77. The lowest BCUT2D eigenvalue weighted by molar-refractivity contribution is -0.113. The number of benzene rings is 1. The highest BCUT2D eigenvalue weighted by molar-refractivity contribution is 8.00. The van der Waals surface area contributed by atoms with Gasteiger partial charge < -0.3 is 5.32 Å². The van der Waals surface area contributed by atoms with Gasteiger partial charge in [0.15, 0.2) is 0 Å². The van der Waals surface area contributed by atoms with Crippen LogP contribution in [0.2, 0.25) is 0 Å². The third-order valence-electron chi connectivity index (χ3n) is 3.67.